The van der Waals surface area contributed by atoms with Crippen molar-refractivity contribution in [3.63, 3.8) is 0 Å². The predicted octanol–water partition coefficient (Wildman–Crippen LogP) is 5.06. The molecule has 146 valence electrons. The van der Waals surface area contributed by atoms with E-state index in [1.807, 2.05) is 38.3 Å². The fraction of sp³-hybridized carbons (Fsp3) is 0.136. The van der Waals surface area contributed by atoms with Gasteiger partial charge in [-0.25, -0.2) is 18.7 Å². The molecule has 0 spiro atoms. The highest BCUT2D eigenvalue weighted by molar-refractivity contribution is 7.98. The number of fused-ring (bicyclic) bond motifs is 1. The Labute approximate surface area is 170 Å². The lowest BCUT2D eigenvalue weighted by Gasteiger charge is -2.15. The van der Waals surface area contributed by atoms with Gasteiger partial charge in [-0.15, -0.1) is 0 Å². The second kappa shape index (κ2) is 7.40. The summed E-state index contributed by atoms with van der Waals surface area (Å²) in [5.74, 6) is -1.67. The summed E-state index contributed by atoms with van der Waals surface area (Å²) in [6, 6.07) is 12.4. The van der Waals surface area contributed by atoms with E-state index in [-0.39, 0.29) is 5.65 Å². The summed E-state index contributed by atoms with van der Waals surface area (Å²) in [7, 11) is 0. The van der Waals surface area contributed by atoms with Crippen LogP contribution in [0.3, 0.4) is 0 Å². The van der Waals surface area contributed by atoms with Crippen molar-refractivity contribution in [2.45, 2.75) is 19.0 Å². The molecule has 0 amide bonds. The van der Waals surface area contributed by atoms with Crippen LogP contribution in [0.25, 0.3) is 28.0 Å². The van der Waals surface area contributed by atoms with E-state index in [0.717, 1.165) is 33.4 Å². The van der Waals surface area contributed by atoms with Gasteiger partial charge in [0, 0.05) is 17.0 Å². The van der Waals surface area contributed by atoms with Gasteiger partial charge in [0.2, 0.25) is 0 Å². The molecule has 0 bridgehead atoms. The molecule has 0 aliphatic rings. The average molecular weight is 409 g/mol. The number of rotatable bonds is 3. The largest absolute Gasteiger partial charge is 0.269 e. The minimum Gasteiger partial charge on any atom is -0.269 e. The summed E-state index contributed by atoms with van der Waals surface area (Å²) in [5.41, 5.74) is 2.70. The molecule has 2 aromatic carbocycles. The van der Waals surface area contributed by atoms with Crippen LogP contribution in [-0.4, -0.2) is 20.8 Å². The number of benzene rings is 2. The molecular weight excluding hydrogens is 392 g/mol. The molecule has 4 rings (SSSR count). The molecule has 0 saturated heterocycles. The Morgan fingerprint density at radius 2 is 1.69 bits per heavy atom. The number of hydrogen-bond donors (Lipinski definition) is 0. The number of pyridine rings is 1. The van der Waals surface area contributed by atoms with E-state index in [2.05, 4.69) is 9.97 Å². The van der Waals surface area contributed by atoms with Crippen LogP contribution in [0.4, 0.5) is 8.78 Å². The summed E-state index contributed by atoms with van der Waals surface area (Å²) in [6.45, 7) is 3.94. The van der Waals surface area contributed by atoms with Gasteiger partial charge in [-0.05, 0) is 49.9 Å². The SMILES string of the molecule is CSc1nc(-c2cc(C)ccc2C)c2ccc(=O)n(-c3c(F)cccc3F)c2n1. The van der Waals surface area contributed by atoms with E-state index >= 15 is 0 Å². The van der Waals surface area contributed by atoms with Gasteiger partial charge < -0.3 is 0 Å². The highest BCUT2D eigenvalue weighted by Gasteiger charge is 2.20. The minimum absolute atomic E-state index is 0.164. The Kier molecular flexibility index (Phi) is 4.92. The van der Waals surface area contributed by atoms with Crippen molar-refractivity contribution in [3.05, 3.63) is 81.6 Å². The summed E-state index contributed by atoms with van der Waals surface area (Å²) in [5, 5.41) is 0.947. The van der Waals surface area contributed by atoms with Gasteiger partial charge in [0.25, 0.3) is 5.56 Å². The van der Waals surface area contributed by atoms with Crippen molar-refractivity contribution in [2.24, 2.45) is 0 Å². The zero-order valence-electron chi connectivity index (χ0n) is 16.0. The molecule has 0 saturated carbocycles. The smallest absolute Gasteiger partial charge is 0.256 e. The minimum atomic E-state index is -0.836. The number of aromatic nitrogens is 3. The lowest BCUT2D eigenvalue weighted by atomic mass is 10.0. The highest BCUT2D eigenvalue weighted by atomic mass is 32.2. The number of halogens is 2. The van der Waals surface area contributed by atoms with E-state index in [4.69, 9.17) is 0 Å². The molecule has 0 aliphatic carbocycles. The molecule has 0 aliphatic heterocycles. The maximum absolute atomic E-state index is 14.5. The summed E-state index contributed by atoms with van der Waals surface area (Å²) >= 11 is 1.30. The second-order valence-electron chi connectivity index (χ2n) is 6.69. The molecule has 0 N–H and O–H groups in total. The summed E-state index contributed by atoms with van der Waals surface area (Å²) < 4.78 is 30.0. The third kappa shape index (κ3) is 3.31. The zero-order valence-corrected chi connectivity index (χ0v) is 16.8. The highest BCUT2D eigenvalue weighted by Crippen LogP contribution is 2.31. The van der Waals surface area contributed by atoms with Gasteiger partial charge in [-0.2, -0.15) is 0 Å². The lowest BCUT2D eigenvalue weighted by molar-refractivity contribution is 0.568. The van der Waals surface area contributed by atoms with E-state index < -0.39 is 22.9 Å². The molecule has 7 heteroatoms. The average Bonchev–Trinajstić information content (AvgIpc) is 2.70. The Bertz CT molecular complexity index is 1300. The Morgan fingerprint density at radius 1 is 0.966 bits per heavy atom. The van der Waals surface area contributed by atoms with Crippen LogP contribution in [-0.2, 0) is 0 Å². The Morgan fingerprint density at radius 3 is 2.38 bits per heavy atom. The van der Waals surface area contributed by atoms with E-state index in [0.29, 0.717) is 16.2 Å². The van der Waals surface area contributed by atoms with Crippen LogP contribution in [0.1, 0.15) is 11.1 Å². The molecular formula is C22H17F2N3OS. The van der Waals surface area contributed by atoms with Crippen molar-refractivity contribution in [1.82, 2.24) is 14.5 Å². The van der Waals surface area contributed by atoms with Crippen molar-refractivity contribution in [1.29, 1.82) is 0 Å². The quantitative estimate of drug-likeness (QED) is 0.350. The third-order valence-electron chi connectivity index (χ3n) is 4.72. The normalized spacial score (nSPS) is 11.2. The fourth-order valence-electron chi connectivity index (χ4n) is 3.30. The maximum Gasteiger partial charge on any atom is 0.256 e. The van der Waals surface area contributed by atoms with Crippen LogP contribution < -0.4 is 5.56 Å². The van der Waals surface area contributed by atoms with Crippen LogP contribution in [0.15, 0.2) is 58.5 Å². The van der Waals surface area contributed by atoms with Crippen LogP contribution in [0.5, 0.6) is 0 Å². The fourth-order valence-corrected chi connectivity index (χ4v) is 3.66. The van der Waals surface area contributed by atoms with Crippen LogP contribution in [0.2, 0.25) is 0 Å². The van der Waals surface area contributed by atoms with Gasteiger partial charge in [-0.1, -0.05) is 35.5 Å². The van der Waals surface area contributed by atoms with Gasteiger partial charge in [0.05, 0.1) is 5.69 Å². The van der Waals surface area contributed by atoms with E-state index in [1.165, 1.54) is 23.9 Å². The summed E-state index contributed by atoms with van der Waals surface area (Å²) in [6.07, 6.45) is 1.81. The Balaban J connectivity index is 2.17. The number of hydrogen-bond acceptors (Lipinski definition) is 4. The molecule has 0 unspecified atom stereocenters. The zero-order chi connectivity index (χ0) is 20.7. The number of aryl methyl sites for hydroxylation is 2. The first-order valence-corrected chi connectivity index (χ1v) is 10.1. The topological polar surface area (TPSA) is 47.8 Å². The van der Waals surface area contributed by atoms with Crippen LogP contribution >= 0.6 is 11.8 Å². The monoisotopic (exact) mass is 409 g/mol. The summed E-state index contributed by atoms with van der Waals surface area (Å²) in [4.78, 5) is 21.8. The van der Waals surface area contributed by atoms with E-state index in [1.54, 1.807) is 6.07 Å². The van der Waals surface area contributed by atoms with Crippen molar-refractivity contribution in [2.75, 3.05) is 6.26 Å². The molecule has 2 heterocycles. The molecule has 0 atom stereocenters. The predicted molar refractivity (Wildman–Crippen MR) is 112 cm³/mol. The lowest BCUT2D eigenvalue weighted by Crippen LogP contribution is -2.21. The van der Waals surface area contributed by atoms with Gasteiger partial charge in [0.15, 0.2) is 10.8 Å². The first-order chi connectivity index (χ1) is 13.9. The van der Waals surface area contributed by atoms with Gasteiger partial charge in [0.1, 0.15) is 17.3 Å². The second-order valence-corrected chi connectivity index (χ2v) is 7.47. The first-order valence-electron chi connectivity index (χ1n) is 8.90. The molecule has 29 heavy (non-hydrogen) atoms. The van der Waals surface area contributed by atoms with Crippen molar-refractivity contribution >= 4 is 22.8 Å². The standard InChI is InChI=1S/C22H17F2N3OS/c1-12-7-8-13(2)15(11-12)19-14-9-10-18(28)27(21(14)26-22(25-19)29-3)20-16(23)5-4-6-17(20)24/h4-11H,1-3H3. The number of para-hydroxylation sites is 1. The molecule has 0 radical (unpaired) electrons. The first kappa shape index (κ1) is 19.3. The number of nitrogens with zero attached hydrogens (tertiary/aromatic N) is 3. The maximum atomic E-state index is 14.5. The number of thioether (sulfide) groups is 1. The Hall–Kier alpha value is -3.06. The molecule has 2 aromatic heterocycles. The van der Waals surface area contributed by atoms with Gasteiger partial charge in [-0.3, -0.25) is 9.36 Å². The third-order valence-corrected chi connectivity index (χ3v) is 5.27. The molecule has 4 aromatic rings. The van der Waals surface area contributed by atoms with Crippen LogP contribution in [0, 0.1) is 25.5 Å². The van der Waals surface area contributed by atoms with Crippen molar-refractivity contribution < 1.29 is 8.78 Å². The van der Waals surface area contributed by atoms with Gasteiger partial charge >= 0.3 is 0 Å². The van der Waals surface area contributed by atoms with E-state index in [9.17, 15) is 13.6 Å². The molecule has 4 nitrogen and oxygen atoms in total. The molecule has 0 fully saturated rings. The van der Waals surface area contributed by atoms with Crippen molar-refractivity contribution in [3.8, 4) is 16.9 Å².